The normalized spacial score (nSPS) is 12.2. The van der Waals surface area contributed by atoms with Crippen LogP contribution >= 0.6 is 11.8 Å². The maximum absolute atomic E-state index is 4.52. The summed E-state index contributed by atoms with van der Waals surface area (Å²) in [6.45, 7) is 4.18. The van der Waals surface area contributed by atoms with Crippen LogP contribution in [0.3, 0.4) is 0 Å². The van der Waals surface area contributed by atoms with Crippen LogP contribution < -0.4 is 0 Å². The third-order valence-electron chi connectivity index (χ3n) is 4.03. The van der Waals surface area contributed by atoms with E-state index in [1.54, 1.807) is 16.4 Å². The van der Waals surface area contributed by atoms with Crippen LogP contribution in [0.25, 0.3) is 11.4 Å². The Morgan fingerprint density at radius 3 is 2.62 bits per heavy atom. The van der Waals surface area contributed by atoms with Crippen molar-refractivity contribution in [2.24, 2.45) is 0 Å². The smallest absolute Gasteiger partial charge is 0.173 e. The van der Waals surface area contributed by atoms with Crippen LogP contribution in [0.5, 0.6) is 0 Å². The number of aromatic nitrogens is 6. The molecule has 26 heavy (non-hydrogen) atoms. The Bertz CT molecular complexity index is 1010. The Hall–Kier alpha value is -2.93. The molecule has 2 heterocycles. The summed E-state index contributed by atoms with van der Waals surface area (Å²) < 4.78 is 3.86. The van der Waals surface area contributed by atoms with E-state index in [9.17, 15) is 0 Å². The Kier molecular flexibility index (Phi) is 4.53. The average Bonchev–Trinajstić information content (AvgIpc) is 3.32. The van der Waals surface area contributed by atoms with Crippen LogP contribution in [0, 0.1) is 6.92 Å². The summed E-state index contributed by atoms with van der Waals surface area (Å²) in [6.07, 6.45) is 3.79. The second-order valence-corrected chi connectivity index (χ2v) is 7.27. The molecule has 0 saturated carbocycles. The molecule has 0 fully saturated rings. The maximum atomic E-state index is 4.52. The molecule has 4 rings (SSSR count). The maximum Gasteiger partial charge on any atom is 0.173 e. The van der Waals surface area contributed by atoms with Crippen LogP contribution in [0.4, 0.5) is 0 Å². The summed E-state index contributed by atoms with van der Waals surface area (Å²) >= 11 is 1.63. The Morgan fingerprint density at radius 1 is 1.00 bits per heavy atom. The highest BCUT2D eigenvalue weighted by Crippen LogP contribution is 2.34. The molecule has 130 valence electrons. The minimum absolute atomic E-state index is 0.0381. The van der Waals surface area contributed by atoms with Gasteiger partial charge in [0.15, 0.2) is 11.0 Å². The van der Waals surface area contributed by atoms with Crippen molar-refractivity contribution in [1.82, 2.24) is 29.8 Å². The molecule has 0 bridgehead atoms. The fourth-order valence-corrected chi connectivity index (χ4v) is 3.73. The topological polar surface area (TPSA) is 61.4 Å². The third kappa shape index (κ3) is 3.25. The second-order valence-electron chi connectivity index (χ2n) is 5.96. The molecular formula is C19H18N6S. The van der Waals surface area contributed by atoms with Gasteiger partial charge in [0.1, 0.15) is 0 Å². The molecule has 0 aliphatic carbocycles. The van der Waals surface area contributed by atoms with Gasteiger partial charge in [-0.1, -0.05) is 42.1 Å². The van der Waals surface area contributed by atoms with E-state index < -0.39 is 0 Å². The van der Waals surface area contributed by atoms with Gasteiger partial charge in [-0.15, -0.1) is 5.10 Å². The zero-order valence-corrected chi connectivity index (χ0v) is 15.3. The number of thioether (sulfide) groups is 1. The molecule has 0 N–H and O–H groups in total. The van der Waals surface area contributed by atoms with Crippen LogP contribution in [-0.4, -0.2) is 29.8 Å². The number of tetrazole rings is 1. The summed E-state index contributed by atoms with van der Waals surface area (Å²) in [6, 6.07) is 18.3. The molecular weight excluding hydrogens is 344 g/mol. The molecule has 7 heteroatoms. The number of rotatable bonds is 5. The van der Waals surface area contributed by atoms with E-state index in [4.69, 9.17) is 0 Å². The monoisotopic (exact) mass is 362 g/mol. The number of imidazole rings is 1. The first-order valence-corrected chi connectivity index (χ1v) is 9.21. The lowest BCUT2D eigenvalue weighted by atomic mass is 10.2. The summed E-state index contributed by atoms with van der Waals surface area (Å²) in [5.74, 6) is 0.792. The zero-order valence-electron chi connectivity index (χ0n) is 14.5. The molecule has 0 aliphatic rings. The van der Waals surface area contributed by atoms with Crippen molar-refractivity contribution in [3.05, 3.63) is 78.4 Å². The first kappa shape index (κ1) is 16.5. The van der Waals surface area contributed by atoms with Gasteiger partial charge < -0.3 is 0 Å². The van der Waals surface area contributed by atoms with Crippen molar-refractivity contribution in [3.8, 4) is 11.4 Å². The zero-order chi connectivity index (χ0) is 17.9. The molecule has 0 saturated heterocycles. The predicted octanol–water partition coefficient (Wildman–Crippen LogP) is 4.01. The van der Waals surface area contributed by atoms with Crippen molar-refractivity contribution in [2.45, 2.75) is 24.3 Å². The highest BCUT2D eigenvalue weighted by molar-refractivity contribution is 7.99. The molecule has 0 amide bonds. The van der Waals surface area contributed by atoms with Crippen LogP contribution in [0.15, 0.2) is 72.1 Å². The first-order chi connectivity index (χ1) is 12.7. The SMILES string of the molecule is Cc1cccc(-n2ccnc2SC(C)c2nnnn2-c2ccccc2)c1. The van der Waals surface area contributed by atoms with Crippen LogP contribution in [0.2, 0.25) is 0 Å². The number of benzene rings is 2. The average molecular weight is 362 g/mol. The van der Waals surface area contributed by atoms with Crippen LogP contribution in [-0.2, 0) is 0 Å². The van der Waals surface area contributed by atoms with Crippen LogP contribution in [0.1, 0.15) is 23.6 Å². The molecule has 2 aromatic carbocycles. The number of aryl methyl sites for hydroxylation is 1. The van der Waals surface area contributed by atoms with Crippen molar-refractivity contribution >= 4 is 11.8 Å². The molecule has 1 unspecified atom stereocenters. The van der Waals surface area contributed by atoms with E-state index in [2.05, 4.69) is 63.2 Å². The summed E-state index contributed by atoms with van der Waals surface area (Å²) in [4.78, 5) is 4.52. The Balaban J connectivity index is 1.62. The third-order valence-corrected chi connectivity index (χ3v) is 5.10. The molecule has 1 atom stereocenters. The van der Waals surface area contributed by atoms with Gasteiger partial charge >= 0.3 is 0 Å². The number of hydrogen-bond donors (Lipinski definition) is 0. The fraction of sp³-hybridized carbons (Fsp3) is 0.158. The van der Waals surface area contributed by atoms with Gasteiger partial charge in [0, 0.05) is 18.1 Å². The van der Waals surface area contributed by atoms with E-state index in [0.717, 1.165) is 22.4 Å². The molecule has 0 spiro atoms. The molecule has 0 radical (unpaired) electrons. The highest BCUT2D eigenvalue weighted by atomic mass is 32.2. The summed E-state index contributed by atoms with van der Waals surface area (Å²) in [5.41, 5.74) is 3.26. The fourth-order valence-electron chi connectivity index (χ4n) is 2.76. The van der Waals surface area contributed by atoms with E-state index in [-0.39, 0.29) is 5.25 Å². The van der Waals surface area contributed by atoms with Gasteiger partial charge in [0.05, 0.1) is 10.9 Å². The predicted molar refractivity (Wildman–Crippen MR) is 102 cm³/mol. The standard InChI is InChI=1S/C19H18N6S/c1-14-7-6-10-17(13-14)24-12-11-20-19(24)26-15(2)18-21-22-23-25(18)16-8-4-3-5-9-16/h3-13,15H,1-2H3. The second kappa shape index (κ2) is 7.13. The van der Waals surface area contributed by atoms with E-state index >= 15 is 0 Å². The molecule has 2 aromatic heterocycles. The van der Waals surface area contributed by atoms with Crippen molar-refractivity contribution in [1.29, 1.82) is 0 Å². The van der Waals surface area contributed by atoms with Gasteiger partial charge in [-0.2, -0.15) is 4.68 Å². The first-order valence-electron chi connectivity index (χ1n) is 8.33. The lowest BCUT2D eigenvalue weighted by Gasteiger charge is -2.13. The van der Waals surface area contributed by atoms with Crippen molar-refractivity contribution in [2.75, 3.05) is 0 Å². The quantitative estimate of drug-likeness (QED) is 0.502. The van der Waals surface area contributed by atoms with E-state index in [0.29, 0.717) is 0 Å². The highest BCUT2D eigenvalue weighted by Gasteiger charge is 2.19. The number of nitrogens with zero attached hydrogens (tertiary/aromatic N) is 6. The van der Waals surface area contributed by atoms with E-state index in [1.165, 1.54) is 5.56 Å². The minimum atomic E-state index is 0.0381. The summed E-state index contributed by atoms with van der Waals surface area (Å²) in [5, 5.41) is 13.2. The minimum Gasteiger partial charge on any atom is -0.295 e. The van der Waals surface area contributed by atoms with Gasteiger partial charge in [0.25, 0.3) is 0 Å². The largest absolute Gasteiger partial charge is 0.295 e. The van der Waals surface area contributed by atoms with Gasteiger partial charge in [0.2, 0.25) is 0 Å². The van der Waals surface area contributed by atoms with Crippen molar-refractivity contribution in [3.63, 3.8) is 0 Å². The lowest BCUT2D eigenvalue weighted by Crippen LogP contribution is -2.06. The van der Waals surface area contributed by atoms with Gasteiger partial charge in [-0.3, -0.25) is 4.57 Å². The van der Waals surface area contributed by atoms with E-state index in [1.807, 2.05) is 42.7 Å². The lowest BCUT2D eigenvalue weighted by molar-refractivity contribution is 0.761. The molecule has 0 aliphatic heterocycles. The Morgan fingerprint density at radius 2 is 1.81 bits per heavy atom. The van der Waals surface area contributed by atoms with Gasteiger partial charge in [-0.05, 0) is 54.1 Å². The number of hydrogen-bond acceptors (Lipinski definition) is 5. The van der Waals surface area contributed by atoms with Crippen molar-refractivity contribution < 1.29 is 0 Å². The van der Waals surface area contributed by atoms with Gasteiger partial charge in [-0.25, -0.2) is 4.98 Å². The Labute approximate surface area is 155 Å². The molecule has 6 nitrogen and oxygen atoms in total. The summed E-state index contributed by atoms with van der Waals surface area (Å²) in [7, 11) is 0. The molecule has 4 aromatic rings. The number of para-hydroxylation sites is 1.